The minimum absolute atomic E-state index is 0.0671. The summed E-state index contributed by atoms with van der Waals surface area (Å²) in [6.07, 6.45) is 3.39. The lowest BCUT2D eigenvalue weighted by atomic mass is 10.2. The third kappa shape index (κ3) is 4.50. The van der Waals surface area contributed by atoms with Crippen molar-refractivity contribution in [3.8, 4) is 0 Å². The Morgan fingerprint density at radius 2 is 2.05 bits per heavy atom. The number of hydrogen-bond acceptors (Lipinski definition) is 3. The van der Waals surface area contributed by atoms with Gasteiger partial charge in [-0.1, -0.05) is 12.5 Å². The van der Waals surface area contributed by atoms with Gasteiger partial charge in [0.25, 0.3) is 0 Å². The van der Waals surface area contributed by atoms with E-state index in [2.05, 4.69) is 4.72 Å². The Bertz CT molecular complexity index is 604. The molecule has 1 amide bonds. The number of rotatable bonds is 5. The van der Waals surface area contributed by atoms with E-state index in [9.17, 15) is 17.6 Å². The molecule has 0 unspecified atom stereocenters. The summed E-state index contributed by atoms with van der Waals surface area (Å²) in [6, 6.07) is 4.85. The molecule has 1 saturated heterocycles. The highest BCUT2D eigenvalue weighted by molar-refractivity contribution is 7.89. The summed E-state index contributed by atoms with van der Waals surface area (Å²) < 4.78 is 39.5. The first-order valence-corrected chi connectivity index (χ1v) is 8.50. The van der Waals surface area contributed by atoms with Crippen LogP contribution in [-0.4, -0.2) is 38.9 Å². The van der Waals surface area contributed by atoms with E-state index in [-0.39, 0.29) is 17.3 Å². The predicted molar refractivity (Wildman–Crippen MR) is 76.6 cm³/mol. The van der Waals surface area contributed by atoms with Crippen LogP contribution < -0.4 is 4.72 Å². The van der Waals surface area contributed by atoms with Gasteiger partial charge in [-0.3, -0.25) is 4.79 Å². The predicted octanol–water partition coefficient (Wildman–Crippen LogP) is 1.51. The number of benzene rings is 1. The average Bonchev–Trinajstić information content (AvgIpc) is 2.64. The van der Waals surface area contributed by atoms with Gasteiger partial charge in [0.1, 0.15) is 5.82 Å². The van der Waals surface area contributed by atoms with Crippen LogP contribution in [0.2, 0.25) is 0 Å². The third-order valence-electron chi connectivity index (χ3n) is 3.45. The van der Waals surface area contributed by atoms with Gasteiger partial charge >= 0.3 is 0 Å². The fraction of sp³-hybridized carbons (Fsp3) is 0.500. The number of halogens is 1. The van der Waals surface area contributed by atoms with Crippen LogP contribution in [0.3, 0.4) is 0 Å². The van der Waals surface area contributed by atoms with E-state index in [1.807, 2.05) is 0 Å². The van der Waals surface area contributed by atoms with Gasteiger partial charge < -0.3 is 4.90 Å². The lowest BCUT2D eigenvalue weighted by molar-refractivity contribution is -0.130. The number of nitrogens with zero attached hydrogens (tertiary/aromatic N) is 1. The van der Waals surface area contributed by atoms with E-state index in [4.69, 9.17) is 0 Å². The molecule has 1 N–H and O–H groups in total. The topological polar surface area (TPSA) is 66.5 Å². The molecule has 2 rings (SSSR count). The fourth-order valence-corrected chi connectivity index (χ4v) is 3.36. The first-order chi connectivity index (χ1) is 9.99. The Labute approximate surface area is 124 Å². The van der Waals surface area contributed by atoms with Gasteiger partial charge in [-0.15, -0.1) is 0 Å². The Balaban J connectivity index is 1.91. The Kier molecular flexibility index (Phi) is 5.30. The van der Waals surface area contributed by atoms with Crippen LogP contribution in [-0.2, 0) is 14.8 Å². The molecule has 1 heterocycles. The molecule has 0 aliphatic carbocycles. The number of carbonyl (C=O) groups is 1. The van der Waals surface area contributed by atoms with E-state index in [1.54, 1.807) is 4.90 Å². The average molecular weight is 314 g/mol. The minimum Gasteiger partial charge on any atom is -0.341 e. The number of likely N-dealkylation sites (tertiary alicyclic amines) is 1. The van der Waals surface area contributed by atoms with Crippen molar-refractivity contribution in [2.75, 3.05) is 19.6 Å². The van der Waals surface area contributed by atoms with Crippen molar-refractivity contribution < 1.29 is 17.6 Å². The largest absolute Gasteiger partial charge is 0.341 e. The number of hydrogen-bond donors (Lipinski definition) is 1. The monoisotopic (exact) mass is 314 g/mol. The summed E-state index contributed by atoms with van der Waals surface area (Å²) in [5, 5.41) is 0. The summed E-state index contributed by atoms with van der Waals surface area (Å²) in [5.74, 6) is -0.530. The zero-order valence-corrected chi connectivity index (χ0v) is 12.5. The van der Waals surface area contributed by atoms with Crippen molar-refractivity contribution >= 4 is 15.9 Å². The normalized spacial score (nSPS) is 16.8. The minimum atomic E-state index is -3.74. The van der Waals surface area contributed by atoms with Crippen LogP contribution in [0.5, 0.6) is 0 Å². The first-order valence-electron chi connectivity index (χ1n) is 7.02. The molecular weight excluding hydrogens is 295 g/mol. The van der Waals surface area contributed by atoms with Gasteiger partial charge in [-0.2, -0.15) is 0 Å². The number of nitrogens with one attached hydrogen (secondary N) is 1. The summed E-state index contributed by atoms with van der Waals surface area (Å²) in [4.78, 5) is 13.4. The van der Waals surface area contributed by atoms with Gasteiger partial charge in [0.05, 0.1) is 4.90 Å². The van der Waals surface area contributed by atoms with Crippen molar-refractivity contribution in [2.24, 2.45) is 0 Å². The molecule has 1 aromatic rings. The molecule has 7 heteroatoms. The zero-order chi connectivity index (χ0) is 15.3. The van der Waals surface area contributed by atoms with Crippen LogP contribution in [0.1, 0.15) is 25.7 Å². The lowest BCUT2D eigenvalue weighted by Gasteiger charge is -2.20. The third-order valence-corrected chi connectivity index (χ3v) is 4.91. The molecule has 1 aliphatic heterocycles. The summed E-state index contributed by atoms with van der Waals surface area (Å²) in [6.45, 7) is 1.14. The van der Waals surface area contributed by atoms with Crippen LogP contribution in [0.4, 0.5) is 4.39 Å². The zero-order valence-electron chi connectivity index (χ0n) is 11.7. The van der Waals surface area contributed by atoms with Gasteiger partial charge in [-0.05, 0) is 31.0 Å². The molecule has 21 heavy (non-hydrogen) atoms. The molecule has 0 saturated carbocycles. The molecule has 1 aromatic carbocycles. The Hall–Kier alpha value is -1.47. The van der Waals surface area contributed by atoms with Crippen LogP contribution in [0, 0.1) is 5.82 Å². The maximum atomic E-state index is 13.1. The molecule has 0 aromatic heterocycles. The summed E-state index contributed by atoms with van der Waals surface area (Å²) in [7, 11) is -3.74. The van der Waals surface area contributed by atoms with Crippen molar-refractivity contribution in [3.05, 3.63) is 30.1 Å². The summed E-state index contributed by atoms with van der Waals surface area (Å²) >= 11 is 0. The SMILES string of the molecule is O=C1CCCCCN1CCNS(=O)(=O)c1cccc(F)c1. The second-order valence-corrected chi connectivity index (χ2v) is 6.81. The number of carbonyl (C=O) groups excluding carboxylic acids is 1. The van der Waals surface area contributed by atoms with Gasteiger partial charge in [0, 0.05) is 26.1 Å². The van der Waals surface area contributed by atoms with Crippen molar-refractivity contribution in [1.82, 2.24) is 9.62 Å². The van der Waals surface area contributed by atoms with Gasteiger partial charge in [-0.25, -0.2) is 17.5 Å². The Morgan fingerprint density at radius 3 is 2.81 bits per heavy atom. The smallest absolute Gasteiger partial charge is 0.240 e. The van der Waals surface area contributed by atoms with Crippen LogP contribution >= 0.6 is 0 Å². The second kappa shape index (κ2) is 7.00. The molecule has 116 valence electrons. The molecule has 1 aliphatic rings. The maximum Gasteiger partial charge on any atom is 0.240 e. The highest BCUT2D eigenvalue weighted by Gasteiger charge is 2.18. The van der Waals surface area contributed by atoms with E-state index in [1.165, 1.54) is 18.2 Å². The van der Waals surface area contributed by atoms with Crippen LogP contribution in [0.25, 0.3) is 0 Å². The number of sulfonamides is 1. The lowest BCUT2D eigenvalue weighted by Crippen LogP contribution is -2.38. The molecule has 1 fully saturated rings. The van der Waals surface area contributed by atoms with Gasteiger partial charge in [0.2, 0.25) is 15.9 Å². The molecule has 0 spiro atoms. The molecular formula is C14H19FN2O3S. The molecule has 0 atom stereocenters. The molecule has 0 radical (unpaired) electrons. The number of amides is 1. The van der Waals surface area contributed by atoms with E-state index < -0.39 is 15.8 Å². The van der Waals surface area contributed by atoms with Crippen LogP contribution in [0.15, 0.2) is 29.2 Å². The quantitative estimate of drug-likeness (QED) is 0.896. The highest BCUT2D eigenvalue weighted by atomic mass is 32.2. The Morgan fingerprint density at radius 1 is 1.24 bits per heavy atom. The maximum absolute atomic E-state index is 13.1. The van der Waals surface area contributed by atoms with Gasteiger partial charge in [0.15, 0.2) is 0 Å². The van der Waals surface area contributed by atoms with Crippen molar-refractivity contribution in [1.29, 1.82) is 0 Å². The van der Waals surface area contributed by atoms with E-state index in [0.717, 1.165) is 25.3 Å². The molecule has 5 nitrogen and oxygen atoms in total. The standard InChI is InChI=1S/C14H19FN2O3S/c15-12-5-4-6-13(11-12)21(19,20)16-8-10-17-9-3-1-2-7-14(17)18/h4-6,11,16H,1-3,7-10H2. The van der Waals surface area contributed by atoms with Crippen molar-refractivity contribution in [3.63, 3.8) is 0 Å². The first kappa shape index (κ1) is 15.9. The second-order valence-electron chi connectivity index (χ2n) is 5.05. The van der Waals surface area contributed by atoms with E-state index >= 15 is 0 Å². The fourth-order valence-electron chi connectivity index (χ4n) is 2.31. The van der Waals surface area contributed by atoms with E-state index in [0.29, 0.717) is 19.5 Å². The molecule has 0 bridgehead atoms. The summed E-state index contributed by atoms with van der Waals surface area (Å²) in [5.41, 5.74) is 0. The highest BCUT2D eigenvalue weighted by Crippen LogP contribution is 2.12. The van der Waals surface area contributed by atoms with Crippen molar-refractivity contribution in [2.45, 2.75) is 30.6 Å².